The fourth-order valence-corrected chi connectivity index (χ4v) is 2.37. The van der Waals surface area contributed by atoms with Crippen molar-refractivity contribution in [2.24, 2.45) is 5.73 Å². The Labute approximate surface area is 105 Å². The predicted molar refractivity (Wildman–Crippen MR) is 72.0 cm³/mol. The molecule has 0 aromatic carbocycles. The van der Waals surface area contributed by atoms with Gasteiger partial charge in [0.1, 0.15) is 5.82 Å². The van der Waals surface area contributed by atoms with Gasteiger partial charge in [0.25, 0.3) is 0 Å². The van der Waals surface area contributed by atoms with Gasteiger partial charge in [-0.25, -0.2) is 4.98 Å². The summed E-state index contributed by atoms with van der Waals surface area (Å²) in [5, 5.41) is 0. The molecule has 1 aromatic rings. The van der Waals surface area contributed by atoms with E-state index >= 15 is 0 Å². The summed E-state index contributed by atoms with van der Waals surface area (Å²) in [5.74, 6) is 1.07. The zero-order valence-corrected chi connectivity index (χ0v) is 11.6. The maximum absolute atomic E-state index is 5.95. The number of likely N-dealkylation sites (N-methyl/N-ethyl adjacent to an activating group) is 1. The van der Waals surface area contributed by atoms with Crippen LogP contribution in [0.4, 0.5) is 0 Å². The third-order valence-electron chi connectivity index (χ3n) is 4.11. The Morgan fingerprint density at radius 2 is 2.06 bits per heavy atom. The summed E-state index contributed by atoms with van der Waals surface area (Å²) >= 11 is 0. The molecule has 1 rings (SSSR count). The van der Waals surface area contributed by atoms with Crippen molar-refractivity contribution < 1.29 is 0 Å². The van der Waals surface area contributed by atoms with Crippen LogP contribution in [0.5, 0.6) is 0 Å². The zero-order valence-electron chi connectivity index (χ0n) is 11.6. The first-order valence-corrected chi connectivity index (χ1v) is 6.48. The molecule has 17 heavy (non-hydrogen) atoms. The molecule has 0 atom stereocenters. The molecule has 0 saturated carbocycles. The molecule has 4 nitrogen and oxygen atoms in total. The van der Waals surface area contributed by atoms with Crippen LogP contribution < -0.4 is 5.73 Å². The summed E-state index contributed by atoms with van der Waals surface area (Å²) in [6, 6.07) is 0. The molecule has 0 spiro atoms. The van der Waals surface area contributed by atoms with Crippen molar-refractivity contribution in [3.8, 4) is 0 Å². The van der Waals surface area contributed by atoms with Crippen LogP contribution in [-0.2, 0) is 6.54 Å². The number of rotatable bonds is 7. The normalized spacial score (nSPS) is 12.4. The summed E-state index contributed by atoms with van der Waals surface area (Å²) < 4.78 is 2.18. The highest BCUT2D eigenvalue weighted by atomic mass is 15.2. The molecule has 0 fully saturated rings. The molecule has 0 aliphatic heterocycles. The van der Waals surface area contributed by atoms with E-state index < -0.39 is 0 Å². The van der Waals surface area contributed by atoms with Crippen LogP contribution in [-0.4, -0.2) is 40.1 Å². The van der Waals surface area contributed by atoms with Crippen LogP contribution in [0.1, 0.15) is 32.5 Å². The number of hydrogen-bond donors (Lipinski definition) is 1. The Kier molecular flexibility index (Phi) is 5.15. The van der Waals surface area contributed by atoms with Crippen LogP contribution in [0.2, 0.25) is 0 Å². The third kappa shape index (κ3) is 3.07. The molecule has 0 aliphatic rings. The molecular weight excluding hydrogens is 212 g/mol. The monoisotopic (exact) mass is 238 g/mol. The standard InChI is InChI=1S/C13H26N4/c1-5-13(6-2,11-14)16(4)9-10-17-8-7-15-12(17)3/h7-8H,5-6,9-11,14H2,1-4H3. The summed E-state index contributed by atoms with van der Waals surface area (Å²) in [7, 11) is 2.17. The van der Waals surface area contributed by atoms with Crippen LogP contribution in [0.15, 0.2) is 12.4 Å². The van der Waals surface area contributed by atoms with Crippen molar-refractivity contribution in [3.05, 3.63) is 18.2 Å². The number of hydrogen-bond acceptors (Lipinski definition) is 3. The third-order valence-corrected chi connectivity index (χ3v) is 4.11. The van der Waals surface area contributed by atoms with Gasteiger partial charge in [-0.1, -0.05) is 13.8 Å². The SMILES string of the molecule is CCC(CC)(CN)N(C)CCn1ccnc1C. The lowest BCUT2D eigenvalue weighted by Crippen LogP contribution is -2.52. The van der Waals surface area contributed by atoms with Gasteiger partial charge < -0.3 is 10.3 Å². The fraction of sp³-hybridized carbons (Fsp3) is 0.769. The number of nitrogens with two attached hydrogens (primary N) is 1. The van der Waals surface area contributed by atoms with Crippen molar-refractivity contribution in [2.45, 2.75) is 45.7 Å². The van der Waals surface area contributed by atoms with Gasteiger partial charge in [0.05, 0.1) is 0 Å². The topological polar surface area (TPSA) is 47.1 Å². The average Bonchev–Trinajstić information content (AvgIpc) is 2.75. The number of imidazole rings is 1. The van der Waals surface area contributed by atoms with Gasteiger partial charge >= 0.3 is 0 Å². The zero-order chi connectivity index (χ0) is 12.9. The fourth-order valence-electron chi connectivity index (χ4n) is 2.37. The smallest absolute Gasteiger partial charge is 0.105 e. The molecule has 2 N–H and O–H groups in total. The molecular formula is C13H26N4. The average molecular weight is 238 g/mol. The van der Waals surface area contributed by atoms with Gasteiger partial charge in [0, 0.05) is 37.6 Å². The Morgan fingerprint density at radius 1 is 1.41 bits per heavy atom. The quantitative estimate of drug-likeness (QED) is 0.785. The highest BCUT2D eigenvalue weighted by molar-refractivity contribution is 4.91. The molecule has 0 bridgehead atoms. The molecule has 4 heteroatoms. The van der Waals surface area contributed by atoms with Crippen LogP contribution >= 0.6 is 0 Å². The highest BCUT2D eigenvalue weighted by Gasteiger charge is 2.28. The van der Waals surface area contributed by atoms with Gasteiger partial charge in [-0.2, -0.15) is 0 Å². The summed E-state index contributed by atoms with van der Waals surface area (Å²) in [6.45, 7) is 9.18. The summed E-state index contributed by atoms with van der Waals surface area (Å²) in [5.41, 5.74) is 6.10. The first kappa shape index (κ1) is 14.2. The highest BCUT2D eigenvalue weighted by Crippen LogP contribution is 2.21. The van der Waals surface area contributed by atoms with Gasteiger partial charge in [0.2, 0.25) is 0 Å². The van der Waals surface area contributed by atoms with Crippen molar-refractivity contribution in [1.82, 2.24) is 14.5 Å². The van der Waals surface area contributed by atoms with Gasteiger partial charge in [-0.05, 0) is 26.8 Å². The second kappa shape index (κ2) is 6.17. The van der Waals surface area contributed by atoms with Crippen molar-refractivity contribution in [2.75, 3.05) is 20.1 Å². The van der Waals surface area contributed by atoms with E-state index in [1.54, 1.807) is 0 Å². The van der Waals surface area contributed by atoms with E-state index in [0.29, 0.717) is 0 Å². The molecule has 0 amide bonds. The first-order valence-electron chi connectivity index (χ1n) is 6.48. The minimum atomic E-state index is 0.147. The van der Waals surface area contributed by atoms with E-state index in [1.807, 2.05) is 19.3 Å². The molecule has 1 heterocycles. The van der Waals surface area contributed by atoms with Crippen molar-refractivity contribution in [1.29, 1.82) is 0 Å². The van der Waals surface area contributed by atoms with Crippen molar-refractivity contribution >= 4 is 0 Å². The maximum atomic E-state index is 5.95. The summed E-state index contributed by atoms with van der Waals surface area (Å²) in [4.78, 5) is 6.63. The lowest BCUT2D eigenvalue weighted by Gasteiger charge is -2.40. The molecule has 0 aliphatic carbocycles. The Bertz CT molecular complexity index is 320. The van der Waals surface area contributed by atoms with Crippen LogP contribution in [0.3, 0.4) is 0 Å². The molecule has 0 unspecified atom stereocenters. The Hall–Kier alpha value is -0.870. The van der Waals surface area contributed by atoms with Gasteiger partial charge in [-0.15, -0.1) is 0 Å². The second-order valence-electron chi connectivity index (χ2n) is 4.72. The van der Waals surface area contributed by atoms with E-state index in [9.17, 15) is 0 Å². The Balaban J connectivity index is 2.59. The van der Waals surface area contributed by atoms with Crippen molar-refractivity contribution in [3.63, 3.8) is 0 Å². The molecule has 1 aromatic heterocycles. The maximum Gasteiger partial charge on any atom is 0.105 e. The second-order valence-corrected chi connectivity index (χ2v) is 4.72. The van der Waals surface area contributed by atoms with Crippen LogP contribution in [0, 0.1) is 6.92 Å². The molecule has 98 valence electrons. The number of nitrogens with zero attached hydrogens (tertiary/aromatic N) is 3. The van der Waals surface area contributed by atoms with Gasteiger partial charge in [0.15, 0.2) is 0 Å². The predicted octanol–water partition coefficient (Wildman–Crippen LogP) is 1.64. The largest absolute Gasteiger partial charge is 0.334 e. The Morgan fingerprint density at radius 3 is 2.47 bits per heavy atom. The lowest BCUT2D eigenvalue weighted by atomic mass is 9.91. The molecule has 0 radical (unpaired) electrons. The number of aryl methyl sites for hydroxylation is 1. The van der Waals surface area contributed by atoms with E-state index in [-0.39, 0.29) is 5.54 Å². The van der Waals surface area contributed by atoms with E-state index in [1.165, 1.54) is 0 Å². The van der Waals surface area contributed by atoms with E-state index in [4.69, 9.17) is 5.73 Å². The van der Waals surface area contributed by atoms with Gasteiger partial charge in [-0.3, -0.25) is 4.90 Å². The minimum Gasteiger partial charge on any atom is -0.334 e. The lowest BCUT2D eigenvalue weighted by molar-refractivity contribution is 0.111. The first-order chi connectivity index (χ1) is 8.09. The van der Waals surface area contributed by atoms with E-state index in [2.05, 4.69) is 35.3 Å². The molecule has 0 saturated heterocycles. The van der Waals surface area contributed by atoms with E-state index in [0.717, 1.165) is 38.3 Å². The minimum absolute atomic E-state index is 0.147. The van der Waals surface area contributed by atoms with Crippen LogP contribution in [0.25, 0.3) is 0 Å². The summed E-state index contributed by atoms with van der Waals surface area (Å²) in [6.07, 6.45) is 6.08. The number of aromatic nitrogens is 2.